The summed E-state index contributed by atoms with van der Waals surface area (Å²) in [6, 6.07) is 5.00. The van der Waals surface area contributed by atoms with Gasteiger partial charge in [0.2, 0.25) is 11.8 Å². The Morgan fingerprint density at radius 3 is 2.71 bits per heavy atom. The van der Waals surface area contributed by atoms with E-state index >= 15 is 0 Å². The first-order valence-corrected chi connectivity index (χ1v) is 12.1. The van der Waals surface area contributed by atoms with Gasteiger partial charge < -0.3 is 31.3 Å². The summed E-state index contributed by atoms with van der Waals surface area (Å²) in [5.74, 6) is 0.294. The summed E-state index contributed by atoms with van der Waals surface area (Å²) in [7, 11) is 0. The predicted molar refractivity (Wildman–Crippen MR) is 132 cm³/mol. The average molecular weight is 475 g/mol. The van der Waals surface area contributed by atoms with Crippen molar-refractivity contribution >= 4 is 28.4 Å². The predicted octanol–water partition coefficient (Wildman–Crippen LogP) is 2.76. The molecule has 1 aromatic carbocycles. The van der Waals surface area contributed by atoms with Gasteiger partial charge in [0.15, 0.2) is 0 Å². The summed E-state index contributed by atoms with van der Waals surface area (Å²) in [6.07, 6.45) is 2.89. The summed E-state index contributed by atoms with van der Waals surface area (Å²) >= 11 is 0. The molecule has 0 spiro atoms. The number of anilines is 1. The standard InChI is InChI=1S/C25H38N4O5/c1-15(2)18-6-4-16(3)12-19(18)24(32)29-21-7-5-17(23(31)27-8-10-34-11-9-30)13-20(21)22(25(29)33)28-14-26/h5,7,13,15-16,18-19,28,30,33H,4,6,8-12,14,26H2,1-3H3,(H,27,31)/t16-,18+,19-/m1/s1. The van der Waals surface area contributed by atoms with E-state index in [0.717, 1.165) is 19.3 Å². The summed E-state index contributed by atoms with van der Waals surface area (Å²) in [4.78, 5) is 26.4. The molecule has 1 heterocycles. The van der Waals surface area contributed by atoms with Crippen LogP contribution in [0, 0.1) is 23.7 Å². The lowest BCUT2D eigenvalue weighted by Gasteiger charge is -2.36. The quantitative estimate of drug-likeness (QED) is 0.264. The minimum atomic E-state index is -0.298. The minimum absolute atomic E-state index is 0.0641. The van der Waals surface area contributed by atoms with Crippen LogP contribution in [0.3, 0.4) is 0 Å². The van der Waals surface area contributed by atoms with Crippen molar-refractivity contribution < 1.29 is 24.5 Å². The van der Waals surface area contributed by atoms with Crippen molar-refractivity contribution in [3.8, 4) is 5.88 Å². The smallest absolute Gasteiger partial charge is 0.251 e. The monoisotopic (exact) mass is 474 g/mol. The number of fused-ring (bicyclic) bond motifs is 1. The zero-order valence-corrected chi connectivity index (χ0v) is 20.3. The second-order valence-corrected chi connectivity index (χ2v) is 9.51. The van der Waals surface area contributed by atoms with Crippen LogP contribution in [-0.4, -0.2) is 59.6 Å². The zero-order valence-electron chi connectivity index (χ0n) is 20.3. The first kappa shape index (κ1) is 26.0. The van der Waals surface area contributed by atoms with E-state index in [1.54, 1.807) is 18.2 Å². The molecule has 1 aliphatic carbocycles. The molecule has 0 bridgehead atoms. The first-order chi connectivity index (χ1) is 16.3. The number of aromatic nitrogens is 1. The molecule has 34 heavy (non-hydrogen) atoms. The van der Waals surface area contributed by atoms with Crippen molar-refractivity contribution in [1.29, 1.82) is 0 Å². The Morgan fingerprint density at radius 1 is 1.26 bits per heavy atom. The number of carbonyl (C=O) groups excluding carboxylic acids is 2. The Kier molecular flexibility index (Phi) is 8.93. The second-order valence-electron chi connectivity index (χ2n) is 9.51. The number of amides is 1. The number of aliphatic hydroxyl groups excluding tert-OH is 1. The zero-order chi connectivity index (χ0) is 24.8. The third-order valence-corrected chi connectivity index (χ3v) is 6.81. The van der Waals surface area contributed by atoms with Gasteiger partial charge in [0, 0.05) is 23.4 Å². The van der Waals surface area contributed by atoms with Crippen molar-refractivity contribution in [1.82, 2.24) is 9.88 Å². The second kappa shape index (κ2) is 11.7. The fraction of sp³-hybridized carbons (Fsp3) is 0.600. The molecule has 0 aliphatic heterocycles. The minimum Gasteiger partial charge on any atom is -0.493 e. The highest BCUT2D eigenvalue weighted by atomic mass is 16.5. The molecule has 3 rings (SSSR count). The molecular weight excluding hydrogens is 436 g/mol. The first-order valence-electron chi connectivity index (χ1n) is 12.1. The van der Waals surface area contributed by atoms with Gasteiger partial charge in [-0.2, -0.15) is 0 Å². The summed E-state index contributed by atoms with van der Waals surface area (Å²) in [5.41, 5.74) is 6.99. The molecule has 188 valence electrons. The van der Waals surface area contributed by atoms with Crippen LogP contribution in [0.2, 0.25) is 0 Å². The molecule has 0 saturated heterocycles. The molecule has 1 aromatic heterocycles. The Labute approximate surface area is 200 Å². The lowest BCUT2D eigenvalue weighted by atomic mass is 9.69. The third kappa shape index (κ3) is 5.54. The molecule has 9 heteroatoms. The topological polar surface area (TPSA) is 139 Å². The van der Waals surface area contributed by atoms with Crippen LogP contribution in [0.4, 0.5) is 5.69 Å². The number of aliphatic hydroxyl groups is 1. The van der Waals surface area contributed by atoms with E-state index in [1.807, 2.05) is 0 Å². The number of ether oxygens (including phenoxy) is 1. The van der Waals surface area contributed by atoms with Gasteiger partial charge in [0.05, 0.1) is 32.0 Å². The van der Waals surface area contributed by atoms with Crippen LogP contribution in [0.15, 0.2) is 18.2 Å². The number of hydrogen-bond acceptors (Lipinski definition) is 7. The maximum Gasteiger partial charge on any atom is 0.251 e. The number of rotatable bonds is 10. The Hall–Kier alpha value is -2.62. The highest BCUT2D eigenvalue weighted by Crippen LogP contribution is 2.42. The summed E-state index contributed by atoms with van der Waals surface area (Å²) in [5, 5.41) is 26.1. The van der Waals surface area contributed by atoms with Crippen LogP contribution in [0.5, 0.6) is 5.88 Å². The number of benzene rings is 1. The molecule has 1 aliphatic rings. The number of nitrogens with zero attached hydrogens (tertiary/aromatic N) is 1. The lowest BCUT2D eigenvalue weighted by molar-refractivity contribution is 0.0630. The fourth-order valence-corrected chi connectivity index (χ4v) is 5.08. The van der Waals surface area contributed by atoms with E-state index in [-0.39, 0.29) is 56.0 Å². The van der Waals surface area contributed by atoms with Crippen LogP contribution in [0.1, 0.15) is 55.2 Å². The molecule has 1 fully saturated rings. The van der Waals surface area contributed by atoms with Crippen LogP contribution in [-0.2, 0) is 4.74 Å². The summed E-state index contributed by atoms with van der Waals surface area (Å²) < 4.78 is 6.55. The third-order valence-electron chi connectivity index (χ3n) is 6.81. The van der Waals surface area contributed by atoms with Crippen LogP contribution >= 0.6 is 0 Å². The molecule has 2 aromatic rings. The molecular formula is C25H38N4O5. The lowest BCUT2D eigenvalue weighted by Crippen LogP contribution is -2.36. The van der Waals surface area contributed by atoms with E-state index in [4.69, 9.17) is 15.6 Å². The number of hydrogen-bond donors (Lipinski definition) is 5. The van der Waals surface area contributed by atoms with Gasteiger partial charge in [-0.3, -0.25) is 9.59 Å². The van der Waals surface area contributed by atoms with Gasteiger partial charge in [-0.1, -0.05) is 27.2 Å². The average Bonchev–Trinajstić information content (AvgIpc) is 3.09. The van der Waals surface area contributed by atoms with Crippen molar-refractivity contribution in [3.05, 3.63) is 23.8 Å². The van der Waals surface area contributed by atoms with Gasteiger partial charge in [-0.05, 0) is 48.8 Å². The number of carbonyl (C=O) groups is 2. The fourth-order valence-electron chi connectivity index (χ4n) is 5.08. The SMILES string of the molecule is CC(C)[C@@H]1CC[C@@H](C)C[C@H]1C(=O)n1c(O)c(NCN)c2cc(C(=O)NCCOCCO)ccc21. The summed E-state index contributed by atoms with van der Waals surface area (Å²) in [6.45, 7) is 7.27. The van der Waals surface area contributed by atoms with Crippen molar-refractivity contribution in [2.75, 3.05) is 38.4 Å². The van der Waals surface area contributed by atoms with E-state index < -0.39 is 0 Å². The highest BCUT2D eigenvalue weighted by molar-refractivity contribution is 6.07. The van der Waals surface area contributed by atoms with Gasteiger partial charge in [-0.15, -0.1) is 0 Å². The van der Waals surface area contributed by atoms with Gasteiger partial charge in [-0.25, -0.2) is 4.57 Å². The van der Waals surface area contributed by atoms with Gasteiger partial charge in [0.1, 0.15) is 5.69 Å². The maximum absolute atomic E-state index is 13.8. The van der Waals surface area contributed by atoms with E-state index in [1.165, 1.54) is 4.57 Å². The Balaban J connectivity index is 1.94. The van der Waals surface area contributed by atoms with Crippen LogP contribution < -0.4 is 16.4 Å². The number of aromatic hydroxyl groups is 1. The van der Waals surface area contributed by atoms with Gasteiger partial charge in [0.25, 0.3) is 5.91 Å². The van der Waals surface area contributed by atoms with E-state index in [9.17, 15) is 14.7 Å². The van der Waals surface area contributed by atoms with Crippen molar-refractivity contribution in [3.63, 3.8) is 0 Å². The molecule has 3 atom stereocenters. The molecule has 0 radical (unpaired) electrons. The molecule has 6 N–H and O–H groups in total. The van der Waals surface area contributed by atoms with Crippen molar-refractivity contribution in [2.45, 2.75) is 40.0 Å². The maximum atomic E-state index is 13.8. The molecule has 9 nitrogen and oxygen atoms in total. The number of nitrogens with two attached hydrogens (primary N) is 1. The molecule has 0 unspecified atom stereocenters. The van der Waals surface area contributed by atoms with Crippen molar-refractivity contribution in [2.24, 2.45) is 29.4 Å². The Bertz CT molecular complexity index is 1000. The van der Waals surface area contributed by atoms with Crippen LogP contribution in [0.25, 0.3) is 10.9 Å². The largest absolute Gasteiger partial charge is 0.493 e. The van der Waals surface area contributed by atoms with E-state index in [0.29, 0.717) is 40.5 Å². The Morgan fingerprint density at radius 2 is 2.03 bits per heavy atom. The number of nitrogens with one attached hydrogen (secondary N) is 2. The normalized spacial score (nSPS) is 20.6. The van der Waals surface area contributed by atoms with E-state index in [2.05, 4.69) is 31.4 Å². The molecule has 1 amide bonds. The highest BCUT2D eigenvalue weighted by Gasteiger charge is 2.38. The van der Waals surface area contributed by atoms with Gasteiger partial charge >= 0.3 is 0 Å². The molecule has 1 saturated carbocycles.